The van der Waals surface area contributed by atoms with Crippen molar-refractivity contribution in [3.05, 3.63) is 83.9 Å². The smallest absolute Gasteiger partial charge is 0.261 e. The number of carbonyl (C=O) groups is 1. The summed E-state index contributed by atoms with van der Waals surface area (Å²) in [6, 6.07) is 20.1. The van der Waals surface area contributed by atoms with Crippen molar-refractivity contribution in [2.75, 3.05) is 16.6 Å². The molecule has 0 fully saturated rings. The predicted molar refractivity (Wildman–Crippen MR) is 119 cm³/mol. The number of benzene rings is 3. The number of anilines is 2. The Bertz CT molecular complexity index is 1110. The lowest BCUT2D eigenvalue weighted by molar-refractivity contribution is 0.102. The Kier molecular flexibility index (Phi) is 6.74. The minimum absolute atomic E-state index is 0.112. The Morgan fingerprint density at radius 3 is 2.23 bits per heavy atom. The first-order valence-electron chi connectivity index (χ1n) is 9.62. The minimum Gasteiger partial charge on any atom is -0.494 e. The van der Waals surface area contributed by atoms with E-state index in [0.717, 1.165) is 12.0 Å². The van der Waals surface area contributed by atoms with Gasteiger partial charge in [0, 0.05) is 11.3 Å². The van der Waals surface area contributed by atoms with Crippen LogP contribution in [-0.2, 0) is 10.0 Å². The van der Waals surface area contributed by atoms with Crippen LogP contribution in [0, 0.1) is 6.92 Å². The molecule has 0 aliphatic rings. The minimum atomic E-state index is -3.72. The van der Waals surface area contributed by atoms with E-state index in [1.807, 2.05) is 26.0 Å². The molecule has 3 aromatic rings. The van der Waals surface area contributed by atoms with Gasteiger partial charge in [0.05, 0.1) is 17.2 Å². The van der Waals surface area contributed by atoms with Crippen LogP contribution in [0.4, 0.5) is 11.4 Å². The molecule has 6 nitrogen and oxygen atoms in total. The van der Waals surface area contributed by atoms with Gasteiger partial charge in [-0.15, -0.1) is 0 Å². The molecule has 2 N–H and O–H groups in total. The lowest BCUT2D eigenvalue weighted by Crippen LogP contribution is -2.14. The molecule has 156 valence electrons. The number of rotatable bonds is 8. The average Bonchev–Trinajstić information content (AvgIpc) is 2.74. The monoisotopic (exact) mass is 424 g/mol. The van der Waals surface area contributed by atoms with Crippen LogP contribution in [0.25, 0.3) is 0 Å². The number of aryl methyl sites for hydroxylation is 1. The molecule has 0 spiro atoms. The number of sulfonamides is 1. The number of hydrogen-bond donors (Lipinski definition) is 2. The highest BCUT2D eigenvalue weighted by Gasteiger charge is 2.15. The number of amides is 1. The van der Waals surface area contributed by atoms with Crippen molar-refractivity contribution in [3.8, 4) is 5.75 Å². The molecule has 0 radical (unpaired) electrons. The average molecular weight is 425 g/mol. The number of hydrogen-bond acceptors (Lipinski definition) is 4. The van der Waals surface area contributed by atoms with Crippen LogP contribution < -0.4 is 14.8 Å². The summed E-state index contributed by atoms with van der Waals surface area (Å²) in [5.74, 6) is 0.426. The summed E-state index contributed by atoms with van der Waals surface area (Å²) in [7, 11) is -3.72. The molecule has 0 aliphatic carbocycles. The summed E-state index contributed by atoms with van der Waals surface area (Å²) in [6.07, 6.45) is 0.911. The lowest BCUT2D eigenvalue weighted by Gasteiger charge is -2.11. The second kappa shape index (κ2) is 9.45. The van der Waals surface area contributed by atoms with Crippen molar-refractivity contribution in [1.82, 2.24) is 0 Å². The van der Waals surface area contributed by atoms with Gasteiger partial charge in [0.15, 0.2) is 0 Å². The summed E-state index contributed by atoms with van der Waals surface area (Å²) >= 11 is 0. The van der Waals surface area contributed by atoms with Crippen LogP contribution in [0.3, 0.4) is 0 Å². The highest BCUT2D eigenvalue weighted by Crippen LogP contribution is 2.21. The fraction of sp³-hybridized carbons (Fsp3) is 0.174. The van der Waals surface area contributed by atoms with Crippen molar-refractivity contribution in [3.63, 3.8) is 0 Å². The highest BCUT2D eigenvalue weighted by atomic mass is 32.2. The van der Waals surface area contributed by atoms with Gasteiger partial charge in [-0.2, -0.15) is 0 Å². The van der Waals surface area contributed by atoms with E-state index in [2.05, 4.69) is 10.0 Å². The third-order valence-electron chi connectivity index (χ3n) is 4.40. The van der Waals surface area contributed by atoms with Crippen molar-refractivity contribution in [2.45, 2.75) is 25.2 Å². The summed E-state index contributed by atoms with van der Waals surface area (Å²) in [5, 5.41) is 2.76. The first-order chi connectivity index (χ1) is 14.4. The molecule has 0 aliphatic heterocycles. The molecule has 3 rings (SSSR count). The SMILES string of the molecule is CCCOc1ccc(C(=O)Nc2ccc(S(=O)(=O)Nc3ccccc3C)cc2)cc1. The zero-order valence-electron chi connectivity index (χ0n) is 16.9. The van der Waals surface area contributed by atoms with Gasteiger partial charge in [-0.3, -0.25) is 9.52 Å². The van der Waals surface area contributed by atoms with Gasteiger partial charge in [-0.1, -0.05) is 25.1 Å². The van der Waals surface area contributed by atoms with Crippen LogP contribution in [0.1, 0.15) is 29.3 Å². The maximum atomic E-state index is 12.6. The first kappa shape index (κ1) is 21.4. The molecular weight excluding hydrogens is 400 g/mol. The van der Waals surface area contributed by atoms with E-state index in [4.69, 9.17) is 4.74 Å². The number of nitrogens with one attached hydrogen (secondary N) is 2. The van der Waals surface area contributed by atoms with E-state index in [9.17, 15) is 13.2 Å². The van der Waals surface area contributed by atoms with Crippen LogP contribution in [0.2, 0.25) is 0 Å². The molecule has 0 saturated heterocycles. The Hall–Kier alpha value is -3.32. The number of carbonyl (C=O) groups excluding carboxylic acids is 1. The van der Waals surface area contributed by atoms with Gasteiger partial charge >= 0.3 is 0 Å². The van der Waals surface area contributed by atoms with Gasteiger partial charge in [0.1, 0.15) is 5.75 Å². The summed E-state index contributed by atoms with van der Waals surface area (Å²) in [6.45, 7) is 4.48. The summed E-state index contributed by atoms with van der Waals surface area (Å²) in [4.78, 5) is 12.5. The predicted octanol–water partition coefficient (Wildman–Crippen LogP) is 4.84. The van der Waals surface area contributed by atoms with Gasteiger partial charge in [-0.05, 0) is 73.5 Å². The first-order valence-corrected chi connectivity index (χ1v) is 11.1. The van der Waals surface area contributed by atoms with E-state index in [1.165, 1.54) is 12.1 Å². The zero-order chi connectivity index (χ0) is 21.6. The Morgan fingerprint density at radius 2 is 1.60 bits per heavy atom. The Labute approximate surface area is 177 Å². The Balaban J connectivity index is 1.66. The fourth-order valence-corrected chi connectivity index (χ4v) is 3.87. The standard InChI is InChI=1S/C23H24N2O4S/c1-3-16-29-20-12-8-18(9-13-20)23(26)24-19-10-14-21(15-11-19)30(27,28)25-22-7-5-4-6-17(22)2/h4-15,25H,3,16H2,1-2H3,(H,24,26). The van der Waals surface area contributed by atoms with Crippen LogP contribution in [-0.4, -0.2) is 20.9 Å². The quantitative estimate of drug-likeness (QED) is 0.542. The van der Waals surface area contributed by atoms with Crippen LogP contribution in [0.15, 0.2) is 77.7 Å². The Morgan fingerprint density at radius 1 is 0.933 bits per heavy atom. The van der Waals surface area contributed by atoms with Gasteiger partial charge in [0.25, 0.3) is 15.9 Å². The molecule has 30 heavy (non-hydrogen) atoms. The topological polar surface area (TPSA) is 84.5 Å². The van der Waals surface area contributed by atoms with Crippen molar-refractivity contribution >= 4 is 27.3 Å². The highest BCUT2D eigenvalue weighted by molar-refractivity contribution is 7.92. The van der Waals surface area contributed by atoms with E-state index in [0.29, 0.717) is 29.3 Å². The largest absolute Gasteiger partial charge is 0.494 e. The molecule has 0 heterocycles. The maximum absolute atomic E-state index is 12.6. The molecule has 0 unspecified atom stereocenters. The van der Waals surface area contributed by atoms with Gasteiger partial charge in [-0.25, -0.2) is 8.42 Å². The van der Waals surface area contributed by atoms with Crippen molar-refractivity contribution in [1.29, 1.82) is 0 Å². The van der Waals surface area contributed by atoms with E-state index >= 15 is 0 Å². The fourth-order valence-electron chi connectivity index (χ4n) is 2.73. The molecule has 0 saturated carbocycles. The lowest BCUT2D eigenvalue weighted by atomic mass is 10.2. The zero-order valence-corrected chi connectivity index (χ0v) is 17.7. The van der Waals surface area contributed by atoms with Gasteiger partial charge in [0.2, 0.25) is 0 Å². The normalized spacial score (nSPS) is 11.0. The molecule has 0 aromatic heterocycles. The molecule has 0 atom stereocenters. The van der Waals surface area contributed by atoms with Gasteiger partial charge < -0.3 is 10.1 Å². The van der Waals surface area contributed by atoms with Crippen LogP contribution >= 0.6 is 0 Å². The van der Waals surface area contributed by atoms with E-state index < -0.39 is 10.0 Å². The second-order valence-corrected chi connectivity index (χ2v) is 8.45. The summed E-state index contributed by atoms with van der Waals surface area (Å²) < 4.78 is 33.3. The van der Waals surface area contributed by atoms with Crippen LogP contribution in [0.5, 0.6) is 5.75 Å². The molecule has 1 amide bonds. The third-order valence-corrected chi connectivity index (χ3v) is 5.78. The third kappa shape index (κ3) is 5.39. The number of para-hydroxylation sites is 1. The summed E-state index contributed by atoms with van der Waals surface area (Å²) in [5.41, 5.74) is 2.34. The van der Waals surface area contributed by atoms with E-state index in [-0.39, 0.29) is 10.8 Å². The number of ether oxygens (including phenoxy) is 1. The van der Waals surface area contributed by atoms with Crippen molar-refractivity contribution in [2.24, 2.45) is 0 Å². The molecule has 3 aromatic carbocycles. The molecule has 7 heteroatoms. The van der Waals surface area contributed by atoms with E-state index in [1.54, 1.807) is 48.5 Å². The van der Waals surface area contributed by atoms with Crippen molar-refractivity contribution < 1.29 is 17.9 Å². The second-order valence-electron chi connectivity index (χ2n) is 6.77. The molecular formula is C23H24N2O4S. The maximum Gasteiger partial charge on any atom is 0.261 e. The molecule has 0 bridgehead atoms.